The van der Waals surface area contributed by atoms with E-state index in [4.69, 9.17) is 0 Å². The fraction of sp³-hybridized carbons (Fsp3) is 0.278. The van der Waals surface area contributed by atoms with Crippen molar-refractivity contribution in [1.82, 2.24) is 10.2 Å². The molecule has 7 nitrogen and oxygen atoms in total. The van der Waals surface area contributed by atoms with E-state index in [9.17, 15) is 18.0 Å². The molecule has 0 aromatic heterocycles. The number of sulfonamides is 1. The fourth-order valence-electron chi connectivity index (χ4n) is 5.00. The van der Waals surface area contributed by atoms with Crippen LogP contribution in [-0.2, 0) is 32.6 Å². The molecule has 4 rings (SSSR count). The summed E-state index contributed by atoms with van der Waals surface area (Å²) in [4.78, 5) is 29.9. The molecule has 0 heterocycles. The highest BCUT2D eigenvalue weighted by Crippen LogP contribution is 2.27. The Kier molecular flexibility index (Phi) is 11.6. The van der Waals surface area contributed by atoms with Gasteiger partial charge in [-0.15, -0.1) is 0 Å². The number of carbonyl (C=O) groups excluding carboxylic acids is 2. The summed E-state index contributed by atoms with van der Waals surface area (Å²) < 4.78 is 30.4. The Hall–Kier alpha value is -3.95. The Bertz CT molecular complexity index is 1730. The monoisotopic (exact) mass is 689 g/mol. The van der Waals surface area contributed by atoms with E-state index in [0.29, 0.717) is 12.2 Å². The molecule has 0 saturated heterocycles. The number of rotatable bonds is 13. The van der Waals surface area contributed by atoms with Crippen LogP contribution in [0.5, 0.6) is 0 Å². The van der Waals surface area contributed by atoms with Gasteiger partial charge >= 0.3 is 0 Å². The number of halogens is 1. The molecule has 4 aromatic carbocycles. The van der Waals surface area contributed by atoms with Gasteiger partial charge < -0.3 is 10.2 Å². The zero-order valence-electron chi connectivity index (χ0n) is 26.2. The van der Waals surface area contributed by atoms with Crippen LogP contribution in [-0.4, -0.2) is 44.3 Å². The van der Waals surface area contributed by atoms with Gasteiger partial charge in [0.15, 0.2) is 0 Å². The molecule has 2 amide bonds. The molecule has 0 aliphatic carbocycles. The van der Waals surface area contributed by atoms with Crippen LogP contribution in [0.1, 0.15) is 41.2 Å². The standard InChI is InChI=1S/C36H40BrN3O4S/c1-5-20-38-36(42)34(23-29-10-7-6-8-11-29)39(24-30-12-9-13-31(37)22-30)35(41)25-40(32-17-16-27(3)28(4)21-32)45(43,44)33-18-14-26(2)15-19-33/h6-19,21-22,34H,5,20,23-25H2,1-4H3,(H,38,42)/t34-/m0/s1. The average molecular weight is 691 g/mol. The maximum Gasteiger partial charge on any atom is 0.264 e. The first-order chi connectivity index (χ1) is 21.5. The minimum absolute atomic E-state index is 0.0826. The zero-order chi connectivity index (χ0) is 32.6. The van der Waals surface area contributed by atoms with Crippen LogP contribution in [0.15, 0.2) is 106 Å². The van der Waals surface area contributed by atoms with Gasteiger partial charge in [-0.25, -0.2) is 8.42 Å². The van der Waals surface area contributed by atoms with Crippen molar-refractivity contribution in [3.05, 3.63) is 129 Å². The van der Waals surface area contributed by atoms with Crippen LogP contribution in [0.3, 0.4) is 0 Å². The Morgan fingerprint density at radius 2 is 1.51 bits per heavy atom. The fourth-order valence-corrected chi connectivity index (χ4v) is 6.85. The lowest BCUT2D eigenvalue weighted by Crippen LogP contribution is -2.53. The van der Waals surface area contributed by atoms with Crippen LogP contribution < -0.4 is 9.62 Å². The predicted molar refractivity (Wildman–Crippen MR) is 184 cm³/mol. The number of hydrogen-bond acceptors (Lipinski definition) is 4. The van der Waals surface area contributed by atoms with Gasteiger partial charge in [-0.1, -0.05) is 89.1 Å². The number of aryl methyl sites for hydroxylation is 3. The number of nitrogens with one attached hydrogen (secondary N) is 1. The molecular weight excluding hydrogens is 650 g/mol. The van der Waals surface area contributed by atoms with Gasteiger partial charge in [0, 0.05) is 24.0 Å². The Labute approximate surface area is 275 Å². The molecule has 0 aliphatic rings. The quantitative estimate of drug-likeness (QED) is 0.169. The van der Waals surface area contributed by atoms with Crippen molar-refractivity contribution in [2.24, 2.45) is 0 Å². The van der Waals surface area contributed by atoms with Crippen LogP contribution >= 0.6 is 15.9 Å². The first kappa shape index (κ1) is 33.9. The number of nitrogens with zero attached hydrogens (tertiary/aromatic N) is 2. The molecule has 0 unspecified atom stereocenters. The summed E-state index contributed by atoms with van der Waals surface area (Å²) in [5.74, 6) is -0.778. The van der Waals surface area contributed by atoms with E-state index in [0.717, 1.165) is 43.0 Å². The van der Waals surface area contributed by atoms with Crippen molar-refractivity contribution in [3.63, 3.8) is 0 Å². The Morgan fingerprint density at radius 1 is 0.822 bits per heavy atom. The first-order valence-corrected chi connectivity index (χ1v) is 17.2. The second-order valence-electron chi connectivity index (χ2n) is 11.2. The van der Waals surface area contributed by atoms with Gasteiger partial charge in [0.05, 0.1) is 10.6 Å². The molecule has 4 aromatic rings. The number of amides is 2. The van der Waals surface area contributed by atoms with Crippen LogP contribution in [0, 0.1) is 20.8 Å². The van der Waals surface area contributed by atoms with Gasteiger partial charge in [0.2, 0.25) is 11.8 Å². The maximum absolute atomic E-state index is 14.5. The third-order valence-electron chi connectivity index (χ3n) is 7.73. The third kappa shape index (κ3) is 8.83. The Morgan fingerprint density at radius 3 is 2.16 bits per heavy atom. The van der Waals surface area contributed by atoms with E-state index in [1.165, 1.54) is 4.90 Å². The SMILES string of the molecule is CCCNC(=O)[C@H](Cc1ccccc1)N(Cc1cccc(Br)c1)C(=O)CN(c1ccc(C)c(C)c1)S(=O)(=O)c1ccc(C)cc1. The number of hydrogen-bond donors (Lipinski definition) is 1. The topological polar surface area (TPSA) is 86.8 Å². The Balaban J connectivity index is 1.81. The average Bonchev–Trinajstić information content (AvgIpc) is 3.02. The van der Waals surface area contributed by atoms with Crippen LogP contribution in [0.25, 0.3) is 0 Å². The lowest BCUT2D eigenvalue weighted by molar-refractivity contribution is -0.140. The zero-order valence-corrected chi connectivity index (χ0v) is 28.6. The summed E-state index contributed by atoms with van der Waals surface area (Å²) >= 11 is 3.51. The molecule has 1 N–H and O–H groups in total. The molecule has 0 bridgehead atoms. The number of benzene rings is 4. The van der Waals surface area contributed by atoms with Crippen molar-refractivity contribution < 1.29 is 18.0 Å². The molecule has 236 valence electrons. The van der Waals surface area contributed by atoms with E-state index < -0.39 is 28.5 Å². The van der Waals surface area contributed by atoms with Gasteiger partial charge in [-0.2, -0.15) is 0 Å². The summed E-state index contributed by atoms with van der Waals surface area (Å²) in [5, 5.41) is 2.97. The summed E-state index contributed by atoms with van der Waals surface area (Å²) in [5.41, 5.74) is 4.90. The van der Waals surface area contributed by atoms with Gasteiger partial charge in [-0.3, -0.25) is 13.9 Å². The first-order valence-electron chi connectivity index (χ1n) is 15.0. The minimum Gasteiger partial charge on any atom is -0.354 e. The predicted octanol–water partition coefficient (Wildman–Crippen LogP) is 6.74. The smallest absolute Gasteiger partial charge is 0.264 e. The van der Waals surface area contributed by atoms with Crippen LogP contribution in [0.2, 0.25) is 0 Å². The van der Waals surface area contributed by atoms with Crippen LogP contribution in [0.4, 0.5) is 5.69 Å². The molecular formula is C36H40BrN3O4S. The molecule has 1 atom stereocenters. The van der Waals surface area contributed by atoms with Gasteiger partial charge in [-0.05, 0) is 85.8 Å². The van der Waals surface area contributed by atoms with E-state index in [2.05, 4.69) is 21.2 Å². The molecule has 45 heavy (non-hydrogen) atoms. The molecule has 9 heteroatoms. The van der Waals surface area contributed by atoms with Crippen molar-refractivity contribution in [3.8, 4) is 0 Å². The maximum atomic E-state index is 14.5. The minimum atomic E-state index is -4.15. The third-order valence-corrected chi connectivity index (χ3v) is 10.0. The lowest BCUT2D eigenvalue weighted by Gasteiger charge is -2.34. The summed E-state index contributed by atoms with van der Waals surface area (Å²) in [7, 11) is -4.15. The summed E-state index contributed by atoms with van der Waals surface area (Å²) in [6.45, 7) is 7.79. The van der Waals surface area contributed by atoms with E-state index in [1.807, 2.05) is 88.4 Å². The van der Waals surface area contributed by atoms with Gasteiger partial charge in [0.1, 0.15) is 12.6 Å². The molecule has 0 fully saturated rings. The summed E-state index contributed by atoms with van der Waals surface area (Å²) in [6.07, 6.45) is 1.00. The molecule has 0 radical (unpaired) electrons. The molecule has 0 spiro atoms. The van der Waals surface area contributed by atoms with E-state index in [1.54, 1.807) is 36.4 Å². The van der Waals surface area contributed by atoms with Gasteiger partial charge in [0.25, 0.3) is 10.0 Å². The normalized spacial score (nSPS) is 11.9. The highest BCUT2D eigenvalue weighted by molar-refractivity contribution is 9.10. The second-order valence-corrected chi connectivity index (χ2v) is 14.0. The van der Waals surface area contributed by atoms with Crippen molar-refractivity contribution in [2.45, 2.75) is 58.0 Å². The van der Waals surface area contributed by atoms with E-state index >= 15 is 0 Å². The summed E-state index contributed by atoms with van der Waals surface area (Å²) in [6, 6.07) is 28.1. The highest BCUT2D eigenvalue weighted by atomic mass is 79.9. The number of anilines is 1. The molecule has 0 saturated carbocycles. The second kappa shape index (κ2) is 15.4. The molecule has 0 aliphatic heterocycles. The van der Waals surface area contributed by atoms with Crippen molar-refractivity contribution in [1.29, 1.82) is 0 Å². The van der Waals surface area contributed by atoms with Crippen molar-refractivity contribution >= 4 is 43.5 Å². The van der Waals surface area contributed by atoms with E-state index in [-0.39, 0.29) is 23.8 Å². The lowest BCUT2D eigenvalue weighted by atomic mass is 10.0. The number of carbonyl (C=O) groups is 2. The highest BCUT2D eigenvalue weighted by Gasteiger charge is 2.34. The van der Waals surface area contributed by atoms with Crippen molar-refractivity contribution in [2.75, 3.05) is 17.4 Å². The largest absolute Gasteiger partial charge is 0.354 e.